The third-order valence-electron chi connectivity index (χ3n) is 2.70. The Hall–Kier alpha value is -1.14. The highest BCUT2D eigenvalue weighted by Gasteiger charge is 2.48. The second-order valence-electron chi connectivity index (χ2n) is 4.17. The van der Waals surface area contributed by atoms with Crippen molar-refractivity contribution in [3.8, 4) is 0 Å². The first kappa shape index (κ1) is 16.9. The van der Waals surface area contributed by atoms with Crippen molar-refractivity contribution in [2.24, 2.45) is 5.41 Å². The van der Waals surface area contributed by atoms with E-state index in [1.807, 2.05) is 0 Å². The van der Waals surface area contributed by atoms with E-state index in [-0.39, 0.29) is 26.1 Å². The van der Waals surface area contributed by atoms with E-state index in [4.69, 9.17) is 9.47 Å². The van der Waals surface area contributed by atoms with E-state index in [2.05, 4.69) is 0 Å². The number of carbonyl (C=O) groups is 2. The van der Waals surface area contributed by atoms with Gasteiger partial charge in [0, 0.05) is 13.5 Å². The molecule has 0 aromatic heterocycles. The summed E-state index contributed by atoms with van der Waals surface area (Å²) in [5.41, 5.74) is -1.69. The molecule has 6 heteroatoms. The molecule has 0 amide bonds. The van der Waals surface area contributed by atoms with Crippen LogP contribution in [0.5, 0.6) is 0 Å². The van der Waals surface area contributed by atoms with Gasteiger partial charge in [-0.1, -0.05) is 13.3 Å². The van der Waals surface area contributed by atoms with Gasteiger partial charge in [0.15, 0.2) is 5.41 Å². The van der Waals surface area contributed by atoms with Crippen LogP contribution in [0.15, 0.2) is 0 Å². The minimum Gasteiger partial charge on any atom is -0.480 e. The molecule has 2 atom stereocenters. The van der Waals surface area contributed by atoms with Gasteiger partial charge in [0.2, 0.25) is 0 Å². The Bertz CT molecular complexity index is 278. The number of esters is 1. The summed E-state index contributed by atoms with van der Waals surface area (Å²) in [5, 5.41) is 19.0. The van der Waals surface area contributed by atoms with E-state index >= 15 is 0 Å². The first-order valence-electron chi connectivity index (χ1n) is 6.02. The van der Waals surface area contributed by atoms with E-state index in [0.29, 0.717) is 6.42 Å². The molecular weight excluding hydrogens is 240 g/mol. The molecule has 106 valence electrons. The van der Waals surface area contributed by atoms with Crippen molar-refractivity contribution in [3.63, 3.8) is 0 Å². The lowest BCUT2D eigenvalue weighted by Crippen LogP contribution is -2.44. The molecular formula is C12H22O6. The van der Waals surface area contributed by atoms with Crippen LogP contribution < -0.4 is 0 Å². The van der Waals surface area contributed by atoms with Gasteiger partial charge in [-0.15, -0.1) is 0 Å². The highest BCUT2D eigenvalue weighted by molar-refractivity contribution is 5.99. The third-order valence-corrected chi connectivity index (χ3v) is 2.70. The van der Waals surface area contributed by atoms with Gasteiger partial charge in [-0.05, 0) is 13.3 Å². The van der Waals surface area contributed by atoms with Crippen LogP contribution in [0.3, 0.4) is 0 Å². The maximum atomic E-state index is 11.9. The summed E-state index contributed by atoms with van der Waals surface area (Å²) in [6, 6.07) is 0. The smallest absolute Gasteiger partial charge is 0.323 e. The molecule has 0 heterocycles. The van der Waals surface area contributed by atoms with Gasteiger partial charge in [0.1, 0.15) is 0 Å². The van der Waals surface area contributed by atoms with Gasteiger partial charge in [-0.2, -0.15) is 0 Å². The van der Waals surface area contributed by atoms with Gasteiger partial charge in [-0.25, -0.2) is 0 Å². The van der Waals surface area contributed by atoms with Crippen LogP contribution in [0, 0.1) is 5.41 Å². The molecule has 0 spiro atoms. The second-order valence-corrected chi connectivity index (χ2v) is 4.17. The monoisotopic (exact) mass is 262 g/mol. The number of aliphatic hydroxyl groups excluding tert-OH is 1. The molecule has 0 radical (unpaired) electrons. The Morgan fingerprint density at radius 1 is 1.33 bits per heavy atom. The molecule has 0 aliphatic heterocycles. The maximum Gasteiger partial charge on any atom is 0.323 e. The number of carboxylic acids is 1. The van der Waals surface area contributed by atoms with Crippen LogP contribution in [0.2, 0.25) is 0 Å². The molecule has 0 saturated heterocycles. The highest BCUT2D eigenvalue weighted by atomic mass is 16.5. The van der Waals surface area contributed by atoms with E-state index in [1.54, 1.807) is 13.8 Å². The number of carbonyl (C=O) groups excluding carboxylic acids is 1. The fraction of sp³-hybridized carbons (Fsp3) is 0.833. The van der Waals surface area contributed by atoms with Crippen molar-refractivity contribution in [2.75, 3.05) is 20.3 Å². The predicted molar refractivity (Wildman–Crippen MR) is 64.1 cm³/mol. The number of ether oxygens (including phenoxy) is 2. The van der Waals surface area contributed by atoms with Crippen LogP contribution in [0.1, 0.15) is 33.1 Å². The van der Waals surface area contributed by atoms with Crippen molar-refractivity contribution in [2.45, 2.75) is 39.2 Å². The Balaban J connectivity index is 5.08. The zero-order chi connectivity index (χ0) is 14.2. The summed E-state index contributed by atoms with van der Waals surface area (Å²) in [4.78, 5) is 23.3. The average Bonchev–Trinajstić information content (AvgIpc) is 2.28. The SMILES string of the molecule is CCCC(CC(O)COC)(C(=O)O)C(=O)OCC. The Morgan fingerprint density at radius 2 is 1.94 bits per heavy atom. The molecule has 0 bridgehead atoms. The molecule has 6 nitrogen and oxygen atoms in total. The third kappa shape index (κ3) is 4.27. The van der Waals surface area contributed by atoms with Crippen molar-refractivity contribution in [1.29, 1.82) is 0 Å². The van der Waals surface area contributed by atoms with Crippen LogP contribution in [-0.2, 0) is 19.1 Å². The van der Waals surface area contributed by atoms with E-state index < -0.39 is 23.5 Å². The van der Waals surface area contributed by atoms with Gasteiger partial charge < -0.3 is 19.7 Å². The van der Waals surface area contributed by atoms with Gasteiger partial charge in [0.25, 0.3) is 0 Å². The summed E-state index contributed by atoms with van der Waals surface area (Å²) in [5.74, 6) is -2.06. The highest BCUT2D eigenvalue weighted by Crippen LogP contribution is 2.32. The van der Waals surface area contributed by atoms with Crippen LogP contribution in [-0.4, -0.2) is 48.6 Å². The molecule has 2 N–H and O–H groups in total. The number of rotatable bonds is 9. The standard InChI is InChI=1S/C12H22O6/c1-4-6-12(10(14)15,11(16)18-5-2)7-9(13)8-17-3/h9,13H,4-8H2,1-3H3,(H,14,15). The molecule has 0 aliphatic carbocycles. The molecule has 0 rings (SSSR count). The Labute approximate surface area is 107 Å². The van der Waals surface area contributed by atoms with Crippen molar-refractivity contribution < 1.29 is 29.3 Å². The summed E-state index contributed by atoms with van der Waals surface area (Å²) < 4.78 is 9.58. The Morgan fingerprint density at radius 3 is 2.33 bits per heavy atom. The van der Waals surface area contributed by atoms with Gasteiger partial charge >= 0.3 is 11.9 Å². The normalized spacial score (nSPS) is 15.8. The van der Waals surface area contributed by atoms with Crippen LogP contribution in [0.4, 0.5) is 0 Å². The number of hydrogen-bond acceptors (Lipinski definition) is 5. The summed E-state index contributed by atoms with van der Waals surface area (Å²) >= 11 is 0. The molecule has 0 fully saturated rings. The molecule has 0 saturated carbocycles. The predicted octanol–water partition coefficient (Wildman–Crippen LogP) is 0.818. The van der Waals surface area contributed by atoms with Crippen LogP contribution >= 0.6 is 0 Å². The number of hydrogen-bond donors (Lipinski definition) is 2. The molecule has 0 aliphatic rings. The number of methoxy groups -OCH3 is 1. The minimum absolute atomic E-state index is 0.0157. The largest absolute Gasteiger partial charge is 0.480 e. The molecule has 2 unspecified atom stereocenters. The topological polar surface area (TPSA) is 93.1 Å². The summed E-state index contributed by atoms with van der Waals surface area (Å²) in [6.07, 6.45) is -0.586. The van der Waals surface area contributed by atoms with Gasteiger partial charge in [0.05, 0.1) is 19.3 Å². The average molecular weight is 262 g/mol. The summed E-state index contributed by atoms with van der Waals surface area (Å²) in [7, 11) is 1.40. The van der Waals surface area contributed by atoms with E-state index in [9.17, 15) is 19.8 Å². The number of aliphatic hydroxyl groups is 1. The molecule has 18 heavy (non-hydrogen) atoms. The lowest BCUT2D eigenvalue weighted by molar-refractivity contribution is -0.172. The van der Waals surface area contributed by atoms with Crippen molar-refractivity contribution in [3.05, 3.63) is 0 Å². The molecule has 0 aromatic carbocycles. The fourth-order valence-electron chi connectivity index (χ4n) is 1.92. The second kappa shape index (κ2) is 8.05. The van der Waals surface area contributed by atoms with Gasteiger partial charge in [-0.3, -0.25) is 9.59 Å². The first-order valence-corrected chi connectivity index (χ1v) is 6.02. The lowest BCUT2D eigenvalue weighted by Gasteiger charge is -2.28. The lowest BCUT2D eigenvalue weighted by atomic mass is 9.78. The van der Waals surface area contributed by atoms with E-state index in [0.717, 1.165) is 0 Å². The van der Waals surface area contributed by atoms with E-state index in [1.165, 1.54) is 7.11 Å². The number of aliphatic carboxylic acids is 1. The minimum atomic E-state index is -1.69. The zero-order valence-corrected chi connectivity index (χ0v) is 11.1. The first-order chi connectivity index (χ1) is 8.44. The fourth-order valence-corrected chi connectivity index (χ4v) is 1.92. The maximum absolute atomic E-state index is 11.9. The number of carboxylic acid groups (broad SMARTS) is 1. The zero-order valence-electron chi connectivity index (χ0n) is 11.1. The molecule has 0 aromatic rings. The van der Waals surface area contributed by atoms with Crippen LogP contribution in [0.25, 0.3) is 0 Å². The Kier molecular flexibility index (Phi) is 7.54. The quantitative estimate of drug-likeness (QED) is 0.472. The van der Waals surface area contributed by atoms with Crippen molar-refractivity contribution in [1.82, 2.24) is 0 Å². The summed E-state index contributed by atoms with van der Waals surface area (Å²) in [6.45, 7) is 3.48. The van der Waals surface area contributed by atoms with Crippen molar-refractivity contribution >= 4 is 11.9 Å².